The molecule has 2 aliphatic rings. The van der Waals surface area contributed by atoms with Crippen LogP contribution in [0, 0.1) is 34.9 Å². The number of hydrogen-bond acceptors (Lipinski definition) is 1. The molecule has 0 saturated heterocycles. The van der Waals surface area contributed by atoms with E-state index in [1.54, 1.807) is 12.1 Å². The van der Waals surface area contributed by atoms with Gasteiger partial charge in [-0.1, -0.05) is 31.1 Å². The molecule has 0 spiro atoms. The van der Waals surface area contributed by atoms with E-state index in [4.69, 9.17) is 5.26 Å². The average molecular weight is 400 g/mol. The van der Waals surface area contributed by atoms with Crippen molar-refractivity contribution in [2.24, 2.45) is 17.8 Å². The highest BCUT2D eigenvalue weighted by Crippen LogP contribution is 2.40. The number of unbranched alkanes of at least 4 members (excludes halogenated alkanes) is 1. The fourth-order valence-electron chi connectivity index (χ4n) is 5.28. The SMILES string of the molecule is N#Cc1ccc([C@H]2CC[C@H](CC[C@H]3CC[C@H](/C=C/CCCF)CC3)CC2)cc1F. The lowest BCUT2D eigenvalue weighted by atomic mass is 9.74. The van der Waals surface area contributed by atoms with Crippen molar-refractivity contribution >= 4 is 0 Å². The molecular formula is C26H35F2N. The second-order valence-electron chi connectivity index (χ2n) is 9.19. The lowest BCUT2D eigenvalue weighted by Gasteiger charge is -2.31. The van der Waals surface area contributed by atoms with Gasteiger partial charge in [-0.2, -0.15) is 5.26 Å². The van der Waals surface area contributed by atoms with Crippen LogP contribution in [0.15, 0.2) is 30.4 Å². The summed E-state index contributed by atoms with van der Waals surface area (Å²) in [6.45, 7) is -0.205. The molecule has 0 unspecified atom stereocenters. The first-order valence-corrected chi connectivity index (χ1v) is 11.6. The monoisotopic (exact) mass is 399 g/mol. The molecule has 0 N–H and O–H groups in total. The summed E-state index contributed by atoms with van der Waals surface area (Å²) in [4.78, 5) is 0. The van der Waals surface area contributed by atoms with Gasteiger partial charge in [0.25, 0.3) is 0 Å². The molecule has 0 amide bonds. The van der Waals surface area contributed by atoms with Gasteiger partial charge in [0.05, 0.1) is 12.2 Å². The first-order chi connectivity index (χ1) is 14.2. The number of allylic oxidation sites excluding steroid dienone is 2. The minimum atomic E-state index is -0.375. The highest BCUT2D eigenvalue weighted by Gasteiger charge is 2.25. The van der Waals surface area contributed by atoms with Crippen LogP contribution >= 0.6 is 0 Å². The lowest BCUT2D eigenvalue weighted by Crippen LogP contribution is -2.17. The van der Waals surface area contributed by atoms with E-state index in [9.17, 15) is 8.78 Å². The summed E-state index contributed by atoms with van der Waals surface area (Å²) in [5.74, 6) is 2.51. The molecule has 1 aromatic carbocycles. The van der Waals surface area contributed by atoms with E-state index in [2.05, 4.69) is 12.2 Å². The number of halogens is 2. The molecule has 1 aromatic rings. The largest absolute Gasteiger partial charge is 0.251 e. The Morgan fingerprint density at radius 1 is 0.966 bits per heavy atom. The van der Waals surface area contributed by atoms with Crippen LogP contribution in [0.1, 0.15) is 94.1 Å². The Morgan fingerprint density at radius 3 is 2.21 bits per heavy atom. The van der Waals surface area contributed by atoms with Gasteiger partial charge < -0.3 is 0 Å². The third-order valence-corrected chi connectivity index (χ3v) is 7.22. The Kier molecular flexibility index (Phi) is 8.71. The molecule has 3 rings (SSSR count). The molecule has 2 fully saturated rings. The molecule has 0 bridgehead atoms. The lowest BCUT2D eigenvalue weighted by molar-refractivity contribution is 0.246. The summed E-state index contributed by atoms with van der Waals surface area (Å²) in [5, 5.41) is 8.89. The Morgan fingerprint density at radius 2 is 1.62 bits per heavy atom. The van der Waals surface area contributed by atoms with Crippen LogP contribution in [0.5, 0.6) is 0 Å². The second kappa shape index (κ2) is 11.5. The summed E-state index contributed by atoms with van der Waals surface area (Å²) in [6, 6.07) is 7.05. The molecule has 1 nitrogen and oxygen atoms in total. The quantitative estimate of drug-likeness (QED) is 0.322. The molecule has 29 heavy (non-hydrogen) atoms. The number of hydrogen-bond donors (Lipinski definition) is 0. The Bertz CT molecular complexity index is 689. The predicted molar refractivity (Wildman–Crippen MR) is 115 cm³/mol. The normalized spacial score (nSPS) is 27.8. The number of benzene rings is 1. The van der Waals surface area contributed by atoms with Crippen molar-refractivity contribution in [1.29, 1.82) is 5.26 Å². The van der Waals surface area contributed by atoms with E-state index in [-0.39, 0.29) is 18.1 Å². The summed E-state index contributed by atoms with van der Waals surface area (Å²) in [6.07, 6.45) is 18.8. The maximum Gasteiger partial charge on any atom is 0.141 e. The van der Waals surface area contributed by atoms with Crippen LogP contribution in [0.2, 0.25) is 0 Å². The van der Waals surface area contributed by atoms with E-state index in [0.29, 0.717) is 18.3 Å². The standard InChI is InChI=1S/C26H35F2N/c27-17-3-1-2-4-20-5-7-21(8-6-20)9-10-22-11-13-23(14-12-22)24-15-16-25(19-29)26(28)18-24/h2,4,15-16,18,20-23H,1,3,5-14,17H2/b4-2+/t20-,21-,22-,23-. The van der Waals surface area contributed by atoms with Gasteiger partial charge in [-0.3, -0.25) is 4.39 Å². The summed E-state index contributed by atoms with van der Waals surface area (Å²) in [5.41, 5.74) is 1.21. The van der Waals surface area contributed by atoms with Crippen LogP contribution < -0.4 is 0 Å². The van der Waals surface area contributed by atoms with Gasteiger partial charge in [-0.25, -0.2) is 4.39 Å². The van der Waals surface area contributed by atoms with Crippen molar-refractivity contribution in [2.75, 3.05) is 6.67 Å². The molecule has 2 aliphatic carbocycles. The Balaban J connectivity index is 1.34. The molecule has 0 radical (unpaired) electrons. The summed E-state index contributed by atoms with van der Waals surface area (Å²) >= 11 is 0. The highest BCUT2D eigenvalue weighted by molar-refractivity contribution is 5.34. The van der Waals surface area contributed by atoms with E-state index >= 15 is 0 Å². The fourth-order valence-corrected chi connectivity index (χ4v) is 5.28. The van der Waals surface area contributed by atoms with Crippen LogP contribution in [0.25, 0.3) is 0 Å². The highest BCUT2D eigenvalue weighted by atomic mass is 19.1. The third-order valence-electron chi connectivity index (χ3n) is 7.22. The van der Waals surface area contributed by atoms with Crippen LogP contribution in [0.3, 0.4) is 0 Å². The molecule has 158 valence electrons. The first kappa shape index (κ1) is 22.0. The van der Waals surface area contributed by atoms with Gasteiger partial charge in [0.15, 0.2) is 0 Å². The van der Waals surface area contributed by atoms with Crippen LogP contribution in [0.4, 0.5) is 8.78 Å². The topological polar surface area (TPSA) is 23.8 Å². The second-order valence-corrected chi connectivity index (χ2v) is 9.19. The summed E-state index contributed by atoms with van der Waals surface area (Å²) < 4.78 is 26.0. The smallest absolute Gasteiger partial charge is 0.141 e. The van der Waals surface area contributed by atoms with E-state index in [1.807, 2.05) is 12.1 Å². The third kappa shape index (κ3) is 6.66. The minimum Gasteiger partial charge on any atom is -0.251 e. The molecule has 0 heterocycles. The van der Waals surface area contributed by atoms with E-state index in [1.165, 1.54) is 51.4 Å². The molecule has 0 aromatic heterocycles. The number of nitriles is 1. The fraction of sp³-hybridized carbons (Fsp3) is 0.654. The molecule has 0 atom stereocenters. The zero-order valence-electron chi connectivity index (χ0n) is 17.6. The summed E-state index contributed by atoms with van der Waals surface area (Å²) in [7, 11) is 0. The van der Waals surface area contributed by atoms with Gasteiger partial charge in [0, 0.05) is 0 Å². The molecule has 3 heteroatoms. The van der Waals surface area contributed by atoms with Crippen molar-refractivity contribution in [3.05, 3.63) is 47.3 Å². The van der Waals surface area contributed by atoms with Gasteiger partial charge >= 0.3 is 0 Å². The van der Waals surface area contributed by atoms with Crippen molar-refractivity contribution in [2.45, 2.75) is 83.0 Å². The van der Waals surface area contributed by atoms with E-state index < -0.39 is 0 Å². The maximum absolute atomic E-state index is 13.9. The average Bonchev–Trinajstić information content (AvgIpc) is 2.76. The predicted octanol–water partition coefficient (Wildman–Crippen LogP) is 7.86. The Labute approximate surface area is 175 Å². The number of nitrogens with zero attached hydrogens (tertiary/aromatic N) is 1. The molecule has 0 aliphatic heterocycles. The van der Waals surface area contributed by atoms with Crippen molar-refractivity contribution in [3.8, 4) is 6.07 Å². The van der Waals surface area contributed by atoms with Crippen molar-refractivity contribution < 1.29 is 8.78 Å². The number of rotatable bonds is 8. The van der Waals surface area contributed by atoms with Gasteiger partial charge in [-0.05, 0) is 106 Å². The Hall–Kier alpha value is -1.69. The van der Waals surface area contributed by atoms with Crippen molar-refractivity contribution in [1.82, 2.24) is 0 Å². The minimum absolute atomic E-state index is 0.146. The number of alkyl halides is 1. The van der Waals surface area contributed by atoms with Gasteiger partial charge in [0.1, 0.15) is 11.9 Å². The zero-order chi connectivity index (χ0) is 20.5. The molecular weight excluding hydrogens is 364 g/mol. The van der Waals surface area contributed by atoms with Gasteiger partial charge in [-0.15, -0.1) is 0 Å². The zero-order valence-corrected chi connectivity index (χ0v) is 17.6. The van der Waals surface area contributed by atoms with Crippen molar-refractivity contribution in [3.63, 3.8) is 0 Å². The first-order valence-electron chi connectivity index (χ1n) is 11.6. The maximum atomic E-state index is 13.9. The molecule has 2 saturated carbocycles. The van der Waals surface area contributed by atoms with Gasteiger partial charge in [0.2, 0.25) is 0 Å². The van der Waals surface area contributed by atoms with E-state index in [0.717, 1.165) is 36.7 Å². The van der Waals surface area contributed by atoms with Crippen LogP contribution in [-0.2, 0) is 0 Å². The van der Waals surface area contributed by atoms with Crippen LogP contribution in [-0.4, -0.2) is 6.67 Å².